The topological polar surface area (TPSA) is 18.5 Å². The maximum atomic E-state index is 6.88. The van der Waals surface area contributed by atoms with Crippen molar-refractivity contribution in [3.8, 4) is 0 Å². The van der Waals surface area contributed by atoms with Gasteiger partial charge in [0.05, 0.1) is 1.37 Å². The van der Waals surface area contributed by atoms with E-state index in [0.29, 0.717) is 0 Å². The molecular formula is C9H12O2. The fourth-order valence-electron chi connectivity index (χ4n) is 0.911. The Morgan fingerprint density at radius 1 is 1.27 bits per heavy atom. The van der Waals surface area contributed by atoms with Crippen LogP contribution in [0.2, 0.25) is 0 Å². The van der Waals surface area contributed by atoms with Gasteiger partial charge in [-0.1, -0.05) is 30.3 Å². The predicted octanol–water partition coefficient (Wildman–Crippen LogP) is 1.98. The highest BCUT2D eigenvalue weighted by Gasteiger charge is 2.05. The van der Waals surface area contributed by atoms with Crippen LogP contribution in [-0.2, 0) is 9.47 Å². The first-order chi connectivity index (χ1) is 5.88. The van der Waals surface area contributed by atoms with E-state index in [1.54, 1.807) is 7.11 Å². The van der Waals surface area contributed by atoms with Crippen molar-refractivity contribution in [2.45, 2.75) is 6.29 Å². The lowest BCUT2D eigenvalue weighted by atomic mass is 10.2. The Kier molecular flexibility index (Phi) is 2.55. The fraction of sp³-hybridized carbons (Fsp3) is 0.333. The zero-order chi connectivity index (χ0) is 8.81. The van der Waals surface area contributed by atoms with Crippen molar-refractivity contribution in [2.75, 3.05) is 14.2 Å². The number of ether oxygens (including phenoxy) is 2. The van der Waals surface area contributed by atoms with Crippen molar-refractivity contribution < 1.29 is 10.8 Å². The second kappa shape index (κ2) is 4.11. The Bertz CT molecular complexity index is 213. The van der Waals surface area contributed by atoms with Crippen LogP contribution >= 0.6 is 0 Å². The number of hydrogen-bond acceptors (Lipinski definition) is 2. The zero-order valence-electron chi connectivity index (χ0n) is 7.49. The van der Waals surface area contributed by atoms with Crippen molar-refractivity contribution >= 4 is 0 Å². The van der Waals surface area contributed by atoms with Gasteiger partial charge in [-0.3, -0.25) is 0 Å². The molecule has 11 heavy (non-hydrogen) atoms. The Balaban J connectivity index is 2.66. The maximum absolute atomic E-state index is 6.88. The van der Waals surface area contributed by atoms with Gasteiger partial charge in [0.2, 0.25) is 0 Å². The summed E-state index contributed by atoms with van der Waals surface area (Å²) >= 11 is 0. The molecule has 0 fully saturated rings. The van der Waals surface area contributed by atoms with Crippen LogP contribution in [-0.4, -0.2) is 14.2 Å². The molecule has 2 heteroatoms. The summed E-state index contributed by atoms with van der Waals surface area (Å²) in [6, 6.07) is 9.56. The second-order valence-electron chi connectivity index (χ2n) is 2.14. The molecule has 0 spiro atoms. The van der Waals surface area contributed by atoms with Crippen LogP contribution in [0.4, 0.5) is 0 Å². The van der Waals surface area contributed by atoms with E-state index in [1.807, 2.05) is 30.3 Å². The summed E-state index contributed by atoms with van der Waals surface area (Å²) in [5.41, 5.74) is 0.937. The standard InChI is InChI=1S/C9H12O2/c1-10-9(11-2)8-6-4-3-5-7-8/h3-7,9H,1-2H3/i1D. The van der Waals surface area contributed by atoms with E-state index in [0.717, 1.165) is 5.56 Å². The van der Waals surface area contributed by atoms with Crippen LogP contribution in [0.1, 0.15) is 13.2 Å². The Hall–Kier alpha value is -0.860. The monoisotopic (exact) mass is 153 g/mol. The van der Waals surface area contributed by atoms with Gasteiger partial charge in [0.15, 0.2) is 6.29 Å². The van der Waals surface area contributed by atoms with Crippen LogP contribution in [0.15, 0.2) is 30.3 Å². The third kappa shape index (κ3) is 2.03. The molecule has 0 amide bonds. The number of methoxy groups -OCH3 is 2. The molecular weight excluding hydrogens is 140 g/mol. The zero-order valence-corrected chi connectivity index (χ0v) is 6.49. The van der Waals surface area contributed by atoms with Gasteiger partial charge in [-0.05, 0) is 0 Å². The lowest BCUT2D eigenvalue weighted by Crippen LogP contribution is -2.02. The quantitative estimate of drug-likeness (QED) is 0.618. The highest BCUT2D eigenvalue weighted by molar-refractivity contribution is 5.15. The minimum Gasteiger partial charge on any atom is -0.352 e. The molecule has 0 saturated carbocycles. The molecule has 0 N–H and O–H groups in total. The largest absolute Gasteiger partial charge is 0.352 e. The van der Waals surface area contributed by atoms with Gasteiger partial charge in [0.25, 0.3) is 0 Å². The highest BCUT2D eigenvalue weighted by atomic mass is 16.7. The summed E-state index contributed by atoms with van der Waals surface area (Å²) in [6.07, 6.45) is -0.413. The first-order valence-electron chi connectivity index (χ1n) is 4.07. The first kappa shape index (κ1) is 6.83. The van der Waals surface area contributed by atoms with E-state index >= 15 is 0 Å². The van der Waals surface area contributed by atoms with Gasteiger partial charge >= 0.3 is 0 Å². The second-order valence-corrected chi connectivity index (χ2v) is 2.14. The fourth-order valence-corrected chi connectivity index (χ4v) is 0.911. The molecule has 0 aliphatic heterocycles. The molecule has 0 heterocycles. The molecule has 0 aliphatic carbocycles. The number of rotatable bonds is 3. The Morgan fingerprint density at radius 2 is 2.00 bits per heavy atom. The minimum atomic E-state index is -0.413. The SMILES string of the molecule is [2H]COC(OC)c1ccccc1. The Morgan fingerprint density at radius 3 is 2.55 bits per heavy atom. The van der Waals surface area contributed by atoms with Crippen LogP contribution in [0.3, 0.4) is 0 Å². The molecule has 0 saturated heterocycles. The van der Waals surface area contributed by atoms with E-state index in [4.69, 9.17) is 10.8 Å². The third-order valence-corrected chi connectivity index (χ3v) is 1.44. The van der Waals surface area contributed by atoms with E-state index in [9.17, 15) is 0 Å². The summed E-state index contributed by atoms with van der Waals surface area (Å²) in [5, 5.41) is 0. The lowest BCUT2D eigenvalue weighted by molar-refractivity contribution is -0.106. The maximum Gasteiger partial charge on any atom is 0.183 e. The van der Waals surface area contributed by atoms with Gasteiger partial charge < -0.3 is 9.47 Å². The minimum absolute atomic E-state index is 0.0899. The van der Waals surface area contributed by atoms with Crippen molar-refractivity contribution in [3.05, 3.63) is 35.9 Å². The molecule has 0 aromatic heterocycles. The van der Waals surface area contributed by atoms with Crippen molar-refractivity contribution in [1.29, 1.82) is 0 Å². The Labute approximate surface area is 68.2 Å². The average Bonchev–Trinajstić information content (AvgIpc) is 2.15. The van der Waals surface area contributed by atoms with Gasteiger partial charge in [0, 0.05) is 19.8 Å². The molecule has 1 atom stereocenters. The smallest absolute Gasteiger partial charge is 0.183 e. The van der Waals surface area contributed by atoms with Crippen molar-refractivity contribution in [3.63, 3.8) is 0 Å². The molecule has 0 bridgehead atoms. The number of hydrogen-bond donors (Lipinski definition) is 0. The normalized spacial score (nSPS) is 14.1. The molecule has 2 nitrogen and oxygen atoms in total. The summed E-state index contributed by atoms with van der Waals surface area (Å²) in [5.74, 6) is 0. The van der Waals surface area contributed by atoms with E-state index in [2.05, 4.69) is 0 Å². The first-order valence-corrected chi connectivity index (χ1v) is 3.37. The highest BCUT2D eigenvalue weighted by Crippen LogP contribution is 2.15. The summed E-state index contributed by atoms with van der Waals surface area (Å²) in [7, 11) is 1.47. The van der Waals surface area contributed by atoms with Crippen molar-refractivity contribution in [1.82, 2.24) is 0 Å². The molecule has 1 rings (SSSR count). The molecule has 60 valence electrons. The average molecular weight is 153 g/mol. The lowest BCUT2D eigenvalue weighted by Gasteiger charge is -2.12. The molecule has 1 aromatic rings. The van der Waals surface area contributed by atoms with Crippen LogP contribution in [0.25, 0.3) is 0 Å². The van der Waals surface area contributed by atoms with E-state index in [1.165, 1.54) is 0 Å². The van der Waals surface area contributed by atoms with E-state index in [-0.39, 0.29) is 7.09 Å². The molecule has 0 aliphatic rings. The molecule has 1 unspecified atom stereocenters. The number of benzene rings is 1. The van der Waals surface area contributed by atoms with Gasteiger partial charge in [-0.15, -0.1) is 0 Å². The van der Waals surface area contributed by atoms with Crippen LogP contribution in [0, 0.1) is 0 Å². The van der Waals surface area contributed by atoms with Gasteiger partial charge in [0.1, 0.15) is 0 Å². The third-order valence-electron chi connectivity index (χ3n) is 1.44. The van der Waals surface area contributed by atoms with Gasteiger partial charge in [-0.25, -0.2) is 0 Å². The summed E-state index contributed by atoms with van der Waals surface area (Å²) < 4.78 is 16.9. The van der Waals surface area contributed by atoms with Crippen LogP contribution in [0.5, 0.6) is 0 Å². The predicted molar refractivity (Wildman–Crippen MR) is 43.2 cm³/mol. The molecule has 1 aromatic carbocycles. The molecule has 0 radical (unpaired) electrons. The van der Waals surface area contributed by atoms with Crippen LogP contribution < -0.4 is 0 Å². The van der Waals surface area contributed by atoms with Crippen molar-refractivity contribution in [2.24, 2.45) is 0 Å². The van der Waals surface area contributed by atoms with Gasteiger partial charge in [-0.2, -0.15) is 0 Å². The summed E-state index contributed by atoms with van der Waals surface area (Å²) in [4.78, 5) is 0. The van der Waals surface area contributed by atoms with E-state index < -0.39 is 6.29 Å². The summed E-state index contributed by atoms with van der Waals surface area (Å²) in [6.45, 7) is 0.